The summed E-state index contributed by atoms with van der Waals surface area (Å²) in [5, 5.41) is 11.0. The number of carbonyl (C=O) groups is 1. The first-order chi connectivity index (χ1) is 13.9. The summed E-state index contributed by atoms with van der Waals surface area (Å²) in [6, 6.07) is 19.8. The molecule has 1 heterocycles. The molecule has 152 valence electrons. The van der Waals surface area contributed by atoms with Gasteiger partial charge < -0.3 is 9.84 Å². The molecule has 3 nitrogen and oxygen atoms in total. The molecule has 3 heteroatoms. The summed E-state index contributed by atoms with van der Waals surface area (Å²) >= 11 is 0. The van der Waals surface area contributed by atoms with Gasteiger partial charge in [-0.15, -0.1) is 6.58 Å². The smallest absolute Gasteiger partial charge is 0.338 e. The molecule has 0 saturated heterocycles. The third-order valence-electron chi connectivity index (χ3n) is 5.53. The monoisotopic (exact) mass is 390 g/mol. The van der Waals surface area contributed by atoms with E-state index >= 15 is 0 Å². The van der Waals surface area contributed by atoms with Gasteiger partial charge in [0.25, 0.3) is 0 Å². The maximum atomic E-state index is 13.1. The van der Waals surface area contributed by atoms with Crippen LogP contribution < -0.4 is 0 Å². The Balaban J connectivity index is 1.89. The van der Waals surface area contributed by atoms with E-state index in [0.29, 0.717) is 30.8 Å². The fourth-order valence-electron chi connectivity index (χ4n) is 4.31. The van der Waals surface area contributed by atoms with Gasteiger partial charge in [0.05, 0.1) is 5.57 Å². The third-order valence-corrected chi connectivity index (χ3v) is 5.53. The predicted molar refractivity (Wildman–Crippen MR) is 117 cm³/mol. The van der Waals surface area contributed by atoms with Crippen molar-refractivity contribution in [3.63, 3.8) is 0 Å². The molecule has 0 aromatic heterocycles. The Morgan fingerprint density at radius 2 is 1.72 bits per heavy atom. The first kappa shape index (κ1) is 20.9. The van der Waals surface area contributed by atoms with E-state index in [1.807, 2.05) is 48.5 Å². The summed E-state index contributed by atoms with van der Waals surface area (Å²) in [5.41, 5.74) is 1.75. The molecule has 2 aromatic carbocycles. The zero-order valence-electron chi connectivity index (χ0n) is 17.3. The summed E-state index contributed by atoms with van der Waals surface area (Å²) in [6.07, 6.45) is 4.24. The number of hydrogen-bond acceptors (Lipinski definition) is 3. The molecule has 2 unspecified atom stereocenters. The molecule has 0 bridgehead atoms. The highest BCUT2D eigenvalue weighted by Crippen LogP contribution is 2.41. The number of esters is 1. The normalized spacial score (nSPS) is 20.4. The van der Waals surface area contributed by atoms with Crippen LogP contribution in [0.25, 0.3) is 0 Å². The second kappa shape index (κ2) is 9.13. The Labute approximate surface area is 173 Å². The van der Waals surface area contributed by atoms with Gasteiger partial charge >= 0.3 is 5.97 Å². The van der Waals surface area contributed by atoms with Gasteiger partial charge in [-0.1, -0.05) is 80.6 Å². The van der Waals surface area contributed by atoms with Crippen LogP contribution in [0.15, 0.2) is 84.7 Å². The summed E-state index contributed by atoms with van der Waals surface area (Å²) in [6.45, 7) is 8.12. The number of cyclic esters (lactones) is 1. The van der Waals surface area contributed by atoms with E-state index in [1.165, 1.54) is 5.56 Å². The highest BCUT2D eigenvalue weighted by atomic mass is 16.6. The largest absolute Gasteiger partial charge is 0.512 e. The van der Waals surface area contributed by atoms with E-state index in [4.69, 9.17) is 4.74 Å². The lowest BCUT2D eigenvalue weighted by atomic mass is 9.79. The van der Waals surface area contributed by atoms with Gasteiger partial charge in [-0.2, -0.15) is 0 Å². The highest BCUT2D eigenvalue weighted by Gasteiger charge is 2.43. The van der Waals surface area contributed by atoms with Crippen LogP contribution in [0.2, 0.25) is 0 Å². The molecule has 3 rings (SSSR count). The second-order valence-corrected chi connectivity index (χ2v) is 8.32. The van der Waals surface area contributed by atoms with Crippen molar-refractivity contribution in [3.8, 4) is 0 Å². The van der Waals surface area contributed by atoms with Gasteiger partial charge in [-0.3, -0.25) is 0 Å². The average molecular weight is 391 g/mol. The minimum atomic E-state index is -0.683. The summed E-state index contributed by atoms with van der Waals surface area (Å²) in [7, 11) is 0. The van der Waals surface area contributed by atoms with Crippen LogP contribution in [0.4, 0.5) is 0 Å². The number of aliphatic hydroxyl groups is 1. The van der Waals surface area contributed by atoms with Crippen LogP contribution in [-0.2, 0) is 16.0 Å². The number of aliphatic hydroxyl groups excluding tert-OH is 1. The third kappa shape index (κ3) is 4.97. The lowest BCUT2D eigenvalue weighted by Crippen LogP contribution is -2.42. The van der Waals surface area contributed by atoms with Crippen LogP contribution in [0, 0.1) is 5.92 Å². The van der Waals surface area contributed by atoms with Gasteiger partial charge in [0, 0.05) is 12.3 Å². The first-order valence-corrected chi connectivity index (χ1v) is 10.3. The zero-order chi connectivity index (χ0) is 20.9. The molecule has 1 aliphatic heterocycles. The lowest BCUT2D eigenvalue weighted by Gasteiger charge is -2.39. The molecule has 0 saturated carbocycles. The number of allylic oxidation sites excluding steroid dienone is 1. The molecule has 2 atom stereocenters. The minimum Gasteiger partial charge on any atom is -0.512 e. The molecule has 0 spiro atoms. The van der Waals surface area contributed by atoms with E-state index < -0.39 is 11.6 Å². The molecular formula is C26H30O3. The topological polar surface area (TPSA) is 46.5 Å². The van der Waals surface area contributed by atoms with Crippen LogP contribution in [0.5, 0.6) is 0 Å². The standard InChI is InChI=1S/C26H30O3/c1-4-22(21-13-9-6-10-14-21)24-23(27)18-26(17-19(2)3,29-25(24)28)16-15-20-11-7-5-8-12-20/h4-14,19,22,27H,1,15-18H2,2-3H3. The van der Waals surface area contributed by atoms with Gasteiger partial charge in [-0.05, 0) is 36.3 Å². The highest BCUT2D eigenvalue weighted by molar-refractivity contribution is 5.92. The Kier molecular flexibility index (Phi) is 6.58. The summed E-state index contributed by atoms with van der Waals surface area (Å²) < 4.78 is 6.09. The van der Waals surface area contributed by atoms with Crippen LogP contribution >= 0.6 is 0 Å². The van der Waals surface area contributed by atoms with E-state index in [-0.39, 0.29) is 11.7 Å². The second-order valence-electron chi connectivity index (χ2n) is 8.32. The van der Waals surface area contributed by atoms with Crippen molar-refractivity contribution in [2.75, 3.05) is 0 Å². The van der Waals surface area contributed by atoms with E-state index in [0.717, 1.165) is 12.0 Å². The molecule has 29 heavy (non-hydrogen) atoms. The fraction of sp³-hybridized carbons (Fsp3) is 0.346. The van der Waals surface area contributed by atoms with Crippen molar-refractivity contribution < 1.29 is 14.6 Å². The molecule has 0 radical (unpaired) electrons. The average Bonchev–Trinajstić information content (AvgIpc) is 2.70. The van der Waals surface area contributed by atoms with Crippen molar-refractivity contribution in [2.45, 2.75) is 51.0 Å². The first-order valence-electron chi connectivity index (χ1n) is 10.3. The predicted octanol–water partition coefficient (Wildman–Crippen LogP) is 6.13. The van der Waals surface area contributed by atoms with E-state index in [9.17, 15) is 9.90 Å². The van der Waals surface area contributed by atoms with Crippen LogP contribution in [0.1, 0.15) is 50.2 Å². The maximum Gasteiger partial charge on any atom is 0.338 e. The Bertz CT molecular complexity index is 867. The number of carbonyl (C=O) groups excluding carboxylic acids is 1. The fourth-order valence-corrected chi connectivity index (χ4v) is 4.31. The number of hydrogen-bond donors (Lipinski definition) is 1. The molecule has 0 fully saturated rings. The lowest BCUT2D eigenvalue weighted by molar-refractivity contribution is -0.162. The van der Waals surface area contributed by atoms with Gasteiger partial charge in [0.15, 0.2) is 0 Å². The van der Waals surface area contributed by atoms with Crippen molar-refractivity contribution in [3.05, 3.63) is 95.8 Å². The number of benzene rings is 2. The number of aryl methyl sites for hydroxylation is 1. The minimum absolute atomic E-state index is 0.128. The quantitative estimate of drug-likeness (QED) is 0.435. The van der Waals surface area contributed by atoms with Crippen molar-refractivity contribution in [1.29, 1.82) is 0 Å². The van der Waals surface area contributed by atoms with Crippen molar-refractivity contribution in [2.24, 2.45) is 5.92 Å². The molecule has 0 amide bonds. The van der Waals surface area contributed by atoms with Gasteiger partial charge in [-0.25, -0.2) is 4.79 Å². The molecule has 0 aliphatic carbocycles. The zero-order valence-corrected chi connectivity index (χ0v) is 17.3. The number of ether oxygens (including phenoxy) is 1. The summed E-state index contributed by atoms with van der Waals surface area (Å²) in [4.78, 5) is 13.1. The van der Waals surface area contributed by atoms with Crippen LogP contribution in [0.3, 0.4) is 0 Å². The Hall–Kier alpha value is -2.81. The summed E-state index contributed by atoms with van der Waals surface area (Å²) in [5.74, 6) is -0.341. The molecular weight excluding hydrogens is 360 g/mol. The molecule has 1 N–H and O–H groups in total. The SMILES string of the molecule is C=CC(C1=C(O)CC(CCc2ccccc2)(CC(C)C)OC1=O)c1ccccc1. The van der Waals surface area contributed by atoms with E-state index in [2.05, 4.69) is 32.6 Å². The molecule has 1 aliphatic rings. The molecule has 2 aromatic rings. The Morgan fingerprint density at radius 1 is 1.10 bits per heavy atom. The van der Waals surface area contributed by atoms with Gasteiger partial charge in [0.1, 0.15) is 11.4 Å². The van der Waals surface area contributed by atoms with Crippen molar-refractivity contribution in [1.82, 2.24) is 0 Å². The Morgan fingerprint density at radius 3 is 2.28 bits per heavy atom. The van der Waals surface area contributed by atoms with Crippen LogP contribution in [-0.4, -0.2) is 16.7 Å². The maximum absolute atomic E-state index is 13.1. The van der Waals surface area contributed by atoms with E-state index in [1.54, 1.807) is 6.08 Å². The van der Waals surface area contributed by atoms with Gasteiger partial charge in [0.2, 0.25) is 0 Å². The number of rotatable bonds is 8. The van der Waals surface area contributed by atoms with Crippen molar-refractivity contribution >= 4 is 5.97 Å².